The normalized spacial score (nSPS) is 18.8. The smallest absolute Gasteiger partial charge is 0.238 e. The zero-order valence-electron chi connectivity index (χ0n) is 13.4. The van der Waals surface area contributed by atoms with Crippen LogP contribution in [0, 0.1) is 6.92 Å². The quantitative estimate of drug-likeness (QED) is 0.873. The summed E-state index contributed by atoms with van der Waals surface area (Å²) in [6.45, 7) is 6.69. The lowest BCUT2D eigenvalue weighted by molar-refractivity contribution is -0.117. The molecular weight excluding hydrogens is 262 g/mol. The van der Waals surface area contributed by atoms with Crippen LogP contribution < -0.4 is 10.6 Å². The van der Waals surface area contributed by atoms with Gasteiger partial charge in [-0.25, -0.2) is 0 Å². The standard InChI is InChI=1S/C17H27N3O/c1-4-14-8-5-7-13(2)17(14)19-16(21)12-20(3)15-9-6-10-18-11-15/h5,7-8,15,18H,4,6,9-12H2,1-3H3,(H,19,21). The van der Waals surface area contributed by atoms with Crippen molar-refractivity contribution < 1.29 is 4.79 Å². The van der Waals surface area contributed by atoms with Gasteiger partial charge < -0.3 is 10.6 Å². The van der Waals surface area contributed by atoms with E-state index in [2.05, 4.69) is 28.5 Å². The molecule has 1 atom stereocenters. The first-order valence-electron chi connectivity index (χ1n) is 7.91. The second-order valence-electron chi connectivity index (χ2n) is 5.93. The van der Waals surface area contributed by atoms with Gasteiger partial charge in [0.05, 0.1) is 6.54 Å². The monoisotopic (exact) mass is 289 g/mol. The van der Waals surface area contributed by atoms with Crippen LogP contribution in [0.4, 0.5) is 5.69 Å². The molecule has 2 N–H and O–H groups in total. The summed E-state index contributed by atoms with van der Waals surface area (Å²) in [5.41, 5.74) is 3.31. The highest BCUT2D eigenvalue weighted by Gasteiger charge is 2.20. The van der Waals surface area contributed by atoms with E-state index in [-0.39, 0.29) is 5.91 Å². The van der Waals surface area contributed by atoms with Crippen LogP contribution in [0.25, 0.3) is 0 Å². The number of likely N-dealkylation sites (N-methyl/N-ethyl adjacent to an activating group) is 1. The highest BCUT2D eigenvalue weighted by Crippen LogP contribution is 2.21. The van der Waals surface area contributed by atoms with Crippen molar-refractivity contribution in [2.45, 2.75) is 39.2 Å². The summed E-state index contributed by atoms with van der Waals surface area (Å²) in [6, 6.07) is 6.64. The maximum absolute atomic E-state index is 12.3. The van der Waals surface area contributed by atoms with Crippen molar-refractivity contribution >= 4 is 11.6 Å². The summed E-state index contributed by atoms with van der Waals surface area (Å²) < 4.78 is 0. The molecule has 21 heavy (non-hydrogen) atoms. The first kappa shape index (κ1) is 16.0. The maximum Gasteiger partial charge on any atom is 0.238 e. The van der Waals surface area contributed by atoms with Gasteiger partial charge in [0, 0.05) is 18.3 Å². The first-order valence-corrected chi connectivity index (χ1v) is 7.91. The molecule has 0 saturated carbocycles. The zero-order valence-corrected chi connectivity index (χ0v) is 13.4. The summed E-state index contributed by atoms with van der Waals surface area (Å²) in [7, 11) is 2.04. The minimum absolute atomic E-state index is 0.0760. The molecule has 0 aliphatic carbocycles. The number of carbonyl (C=O) groups is 1. The molecule has 0 radical (unpaired) electrons. The SMILES string of the molecule is CCc1cccc(C)c1NC(=O)CN(C)C1CCCNC1. The summed E-state index contributed by atoms with van der Waals surface area (Å²) in [5.74, 6) is 0.0760. The van der Waals surface area contributed by atoms with Gasteiger partial charge in [0.1, 0.15) is 0 Å². The molecule has 1 fully saturated rings. The lowest BCUT2D eigenvalue weighted by Gasteiger charge is -2.31. The first-order chi connectivity index (χ1) is 10.1. The molecule has 1 saturated heterocycles. The summed E-state index contributed by atoms with van der Waals surface area (Å²) in [4.78, 5) is 14.5. The van der Waals surface area contributed by atoms with Crippen molar-refractivity contribution in [3.8, 4) is 0 Å². The van der Waals surface area contributed by atoms with Crippen LogP contribution >= 0.6 is 0 Å². The second kappa shape index (κ2) is 7.57. The van der Waals surface area contributed by atoms with Gasteiger partial charge >= 0.3 is 0 Å². The van der Waals surface area contributed by atoms with Gasteiger partial charge in [-0.15, -0.1) is 0 Å². The molecule has 1 aromatic carbocycles. The van der Waals surface area contributed by atoms with Gasteiger partial charge in [-0.1, -0.05) is 25.1 Å². The predicted molar refractivity (Wildman–Crippen MR) is 87.7 cm³/mol. The molecule has 1 aliphatic heterocycles. The fourth-order valence-corrected chi connectivity index (χ4v) is 2.95. The number of piperidine rings is 1. The van der Waals surface area contributed by atoms with Crippen molar-refractivity contribution in [2.24, 2.45) is 0 Å². The molecule has 0 aromatic heterocycles. The number of hydrogen-bond acceptors (Lipinski definition) is 3. The Balaban J connectivity index is 1.95. The van der Waals surface area contributed by atoms with Crippen LogP contribution in [0.1, 0.15) is 30.9 Å². The van der Waals surface area contributed by atoms with Gasteiger partial charge in [0.25, 0.3) is 0 Å². The fraction of sp³-hybridized carbons (Fsp3) is 0.588. The van der Waals surface area contributed by atoms with E-state index in [1.54, 1.807) is 0 Å². The van der Waals surface area contributed by atoms with Crippen LogP contribution in [0.5, 0.6) is 0 Å². The van der Waals surface area contributed by atoms with Gasteiger partial charge in [-0.2, -0.15) is 0 Å². The predicted octanol–water partition coefficient (Wildman–Crippen LogP) is 2.18. The van der Waals surface area contributed by atoms with Crippen LogP contribution in [0.2, 0.25) is 0 Å². The number of nitrogens with zero attached hydrogens (tertiary/aromatic N) is 1. The topological polar surface area (TPSA) is 44.4 Å². The molecule has 0 spiro atoms. The van der Waals surface area contributed by atoms with Gasteiger partial charge in [-0.05, 0) is 50.9 Å². The van der Waals surface area contributed by atoms with Crippen LogP contribution in [0.15, 0.2) is 18.2 Å². The number of hydrogen-bond donors (Lipinski definition) is 2. The molecule has 116 valence electrons. The fourth-order valence-electron chi connectivity index (χ4n) is 2.95. The molecule has 2 rings (SSSR count). The van der Waals surface area contributed by atoms with E-state index in [4.69, 9.17) is 0 Å². The Labute approximate surface area is 127 Å². The Morgan fingerprint density at radius 1 is 1.48 bits per heavy atom. The average Bonchev–Trinajstić information content (AvgIpc) is 2.50. The number of rotatable bonds is 5. The van der Waals surface area contributed by atoms with Gasteiger partial charge in [-0.3, -0.25) is 9.69 Å². The number of carbonyl (C=O) groups excluding carboxylic acids is 1. The van der Waals surface area contributed by atoms with E-state index in [1.165, 1.54) is 18.4 Å². The lowest BCUT2D eigenvalue weighted by atomic mass is 10.1. The van der Waals surface area contributed by atoms with Gasteiger partial charge in [0.2, 0.25) is 5.91 Å². The Kier molecular flexibility index (Phi) is 5.76. The molecule has 1 heterocycles. The van der Waals surface area contributed by atoms with Gasteiger partial charge in [0.15, 0.2) is 0 Å². The molecule has 0 bridgehead atoms. The third kappa shape index (κ3) is 4.29. The molecule has 1 unspecified atom stereocenters. The molecule has 1 aliphatic rings. The Bertz CT molecular complexity index is 481. The number of nitrogens with one attached hydrogen (secondary N) is 2. The minimum atomic E-state index is 0.0760. The number of para-hydroxylation sites is 1. The van der Waals surface area contributed by atoms with Crippen LogP contribution in [0.3, 0.4) is 0 Å². The maximum atomic E-state index is 12.3. The lowest BCUT2D eigenvalue weighted by Crippen LogP contribution is -2.46. The number of amides is 1. The third-order valence-electron chi connectivity index (χ3n) is 4.29. The average molecular weight is 289 g/mol. The summed E-state index contributed by atoms with van der Waals surface area (Å²) >= 11 is 0. The number of anilines is 1. The molecule has 1 amide bonds. The minimum Gasteiger partial charge on any atom is -0.324 e. The van der Waals surface area contributed by atoms with Crippen LogP contribution in [-0.4, -0.2) is 43.5 Å². The molecule has 1 aromatic rings. The highest BCUT2D eigenvalue weighted by atomic mass is 16.2. The number of benzene rings is 1. The largest absolute Gasteiger partial charge is 0.324 e. The molecule has 4 nitrogen and oxygen atoms in total. The third-order valence-corrected chi connectivity index (χ3v) is 4.29. The second-order valence-corrected chi connectivity index (χ2v) is 5.93. The molecular formula is C17H27N3O. The highest BCUT2D eigenvalue weighted by molar-refractivity contribution is 5.93. The van der Waals surface area contributed by atoms with Crippen molar-refractivity contribution in [2.75, 3.05) is 32.0 Å². The van der Waals surface area contributed by atoms with Crippen LogP contribution in [-0.2, 0) is 11.2 Å². The van der Waals surface area contributed by atoms with E-state index >= 15 is 0 Å². The van der Waals surface area contributed by atoms with E-state index in [0.717, 1.165) is 30.8 Å². The van der Waals surface area contributed by atoms with E-state index in [1.807, 2.05) is 26.1 Å². The Morgan fingerprint density at radius 3 is 2.95 bits per heavy atom. The van der Waals surface area contributed by atoms with E-state index < -0.39 is 0 Å². The van der Waals surface area contributed by atoms with E-state index in [9.17, 15) is 4.79 Å². The number of aryl methyl sites for hydroxylation is 2. The van der Waals surface area contributed by atoms with E-state index in [0.29, 0.717) is 12.6 Å². The summed E-state index contributed by atoms with van der Waals surface area (Å²) in [5, 5.41) is 6.49. The molecule has 4 heteroatoms. The van der Waals surface area contributed by atoms with Crippen molar-refractivity contribution in [3.63, 3.8) is 0 Å². The van der Waals surface area contributed by atoms with Crippen molar-refractivity contribution in [1.29, 1.82) is 0 Å². The van der Waals surface area contributed by atoms with Crippen molar-refractivity contribution in [1.82, 2.24) is 10.2 Å². The zero-order chi connectivity index (χ0) is 15.2. The Hall–Kier alpha value is -1.39. The summed E-state index contributed by atoms with van der Waals surface area (Å²) in [6.07, 6.45) is 3.29. The Morgan fingerprint density at radius 2 is 2.29 bits per heavy atom. The van der Waals surface area contributed by atoms with Crippen molar-refractivity contribution in [3.05, 3.63) is 29.3 Å².